The molecule has 0 aliphatic rings. The van der Waals surface area contributed by atoms with Gasteiger partial charge < -0.3 is 19.2 Å². The van der Waals surface area contributed by atoms with E-state index in [1.54, 1.807) is 18.2 Å². The standard InChI is InChI=1S/C29H31ClN6O4/c1-17-12-18(2)34-29(33-17)36-28(31-11-10-20-16-32-23-8-7-21(30)15-22(20)23)35-26(37)9-6-19-13-24(38-3)27(40-5)25(14-19)39-4/h6-9,12-16,32H,10-11H2,1-5H3,(H2,31,33,34,35,36,37). The van der Waals surface area contributed by atoms with Crippen molar-refractivity contribution in [3.05, 3.63) is 76.2 Å². The Balaban J connectivity index is 1.53. The molecule has 0 fully saturated rings. The highest BCUT2D eigenvalue weighted by Crippen LogP contribution is 2.38. The minimum absolute atomic E-state index is 0.224. The molecular weight excluding hydrogens is 532 g/mol. The third-order valence-electron chi connectivity index (χ3n) is 5.95. The lowest BCUT2D eigenvalue weighted by Gasteiger charge is -2.13. The first-order valence-electron chi connectivity index (χ1n) is 12.5. The van der Waals surface area contributed by atoms with Crippen LogP contribution in [-0.4, -0.2) is 54.7 Å². The van der Waals surface area contributed by atoms with Crippen LogP contribution in [0.3, 0.4) is 0 Å². The number of guanidine groups is 1. The summed E-state index contributed by atoms with van der Waals surface area (Å²) in [6.07, 6.45) is 5.59. The number of H-pyrrole nitrogens is 1. The van der Waals surface area contributed by atoms with Gasteiger partial charge in [0.25, 0.3) is 5.91 Å². The van der Waals surface area contributed by atoms with Crippen molar-refractivity contribution < 1.29 is 19.0 Å². The number of hydrogen-bond acceptors (Lipinski definition) is 7. The van der Waals surface area contributed by atoms with Crippen LogP contribution in [0.4, 0.5) is 5.95 Å². The number of anilines is 1. The largest absolute Gasteiger partial charge is 0.493 e. The summed E-state index contributed by atoms with van der Waals surface area (Å²) in [5.74, 6) is 1.60. The molecule has 2 aromatic carbocycles. The van der Waals surface area contributed by atoms with Gasteiger partial charge in [-0.1, -0.05) is 11.6 Å². The molecule has 0 bridgehead atoms. The summed E-state index contributed by atoms with van der Waals surface area (Å²) in [4.78, 5) is 29.6. The van der Waals surface area contributed by atoms with Gasteiger partial charge in [0.2, 0.25) is 17.7 Å². The molecule has 0 aliphatic carbocycles. The number of benzene rings is 2. The van der Waals surface area contributed by atoms with Crippen molar-refractivity contribution in [1.29, 1.82) is 0 Å². The van der Waals surface area contributed by atoms with Gasteiger partial charge >= 0.3 is 0 Å². The highest BCUT2D eigenvalue weighted by atomic mass is 35.5. The number of amides is 1. The fourth-order valence-electron chi connectivity index (χ4n) is 4.17. The number of rotatable bonds is 9. The summed E-state index contributed by atoms with van der Waals surface area (Å²) in [6.45, 7) is 4.14. The van der Waals surface area contributed by atoms with Crippen molar-refractivity contribution >= 4 is 46.4 Å². The van der Waals surface area contributed by atoms with Gasteiger partial charge in [0.1, 0.15) is 0 Å². The molecule has 4 aromatic rings. The second kappa shape index (κ2) is 13.0. The van der Waals surface area contributed by atoms with Gasteiger partial charge in [0, 0.05) is 46.1 Å². The molecule has 0 radical (unpaired) electrons. The van der Waals surface area contributed by atoms with E-state index >= 15 is 0 Å². The van der Waals surface area contributed by atoms with E-state index in [4.69, 9.17) is 25.8 Å². The van der Waals surface area contributed by atoms with E-state index in [0.29, 0.717) is 46.7 Å². The zero-order valence-electron chi connectivity index (χ0n) is 23.0. The van der Waals surface area contributed by atoms with Crippen molar-refractivity contribution in [2.75, 3.05) is 33.2 Å². The number of hydrogen-bond donors (Lipinski definition) is 3. The quantitative estimate of drug-likeness (QED) is 0.147. The molecule has 3 N–H and O–H groups in total. The second-order valence-corrected chi connectivity index (χ2v) is 9.30. The molecule has 0 aliphatic heterocycles. The number of aromatic nitrogens is 3. The molecular formula is C29H31ClN6O4. The summed E-state index contributed by atoms with van der Waals surface area (Å²) in [5, 5.41) is 7.54. The van der Waals surface area contributed by atoms with Gasteiger partial charge in [0.15, 0.2) is 11.5 Å². The summed E-state index contributed by atoms with van der Waals surface area (Å²) >= 11 is 6.19. The van der Waals surface area contributed by atoms with E-state index in [1.165, 1.54) is 27.4 Å². The number of nitrogens with one attached hydrogen (secondary N) is 3. The topological polar surface area (TPSA) is 123 Å². The Bertz CT molecular complexity index is 1540. The SMILES string of the molecule is COc1cc(C=CC(=O)NC(=NCCc2c[nH]c3ccc(Cl)cc23)Nc2nc(C)cc(C)n2)cc(OC)c1OC. The van der Waals surface area contributed by atoms with Gasteiger partial charge in [-0.25, -0.2) is 9.97 Å². The average molecular weight is 563 g/mol. The number of ether oxygens (including phenoxy) is 3. The Kier molecular flexibility index (Phi) is 9.23. The summed E-state index contributed by atoms with van der Waals surface area (Å²) in [7, 11) is 4.60. The van der Waals surface area contributed by atoms with Crippen LogP contribution in [0.5, 0.6) is 17.2 Å². The number of aryl methyl sites for hydroxylation is 2. The maximum absolute atomic E-state index is 12.9. The number of carbonyl (C=O) groups is 1. The molecule has 10 nitrogen and oxygen atoms in total. The van der Waals surface area contributed by atoms with Crippen LogP contribution >= 0.6 is 11.6 Å². The number of carbonyl (C=O) groups excluding carboxylic acids is 1. The van der Waals surface area contributed by atoms with Gasteiger partial charge in [-0.3, -0.25) is 20.4 Å². The van der Waals surface area contributed by atoms with Gasteiger partial charge in [0.05, 0.1) is 21.3 Å². The Morgan fingerprint density at radius 2 is 1.73 bits per heavy atom. The predicted molar refractivity (Wildman–Crippen MR) is 158 cm³/mol. The minimum Gasteiger partial charge on any atom is -0.493 e. The van der Waals surface area contributed by atoms with E-state index in [1.807, 2.05) is 44.3 Å². The molecule has 0 saturated heterocycles. The summed E-state index contributed by atoms with van der Waals surface area (Å²) < 4.78 is 16.1. The molecule has 0 saturated carbocycles. The van der Waals surface area contributed by atoms with Crippen molar-refractivity contribution in [3.8, 4) is 17.2 Å². The molecule has 1 amide bonds. The normalized spacial score (nSPS) is 11.6. The smallest absolute Gasteiger partial charge is 0.250 e. The molecule has 0 spiro atoms. The zero-order chi connectivity index (χ0) is 28.6. The van der Waals surface area contributed by atoms with Crippen LogP contribution in [0.2, 0.25) is 5.02 Å². The van der Waals surface area contributed by atoms with Crippen molar-refractivity contribution in [3.63, 3.8) is 0 Å². The first-order chi connectivity index (χ1) is 19.3. The number of methoxy groups -OCH3 is 3. The summed E-state index contributed by atoms with van der Waals surface area (Å²) in [5.41, 5.74) is 4.33. The number of aliphatic imine (C=N–C) groups is 1. The molecule has 208 valence electrons. The number of fused-ring (bicyclic) bond motifs is 1. The first kappa shape index (κ1) is 28.4. The number of aromatic amines is 1. The van der Waals surface area contributed by atoms with Gasteiger partial charge in [-0.15, -0.1) is 0 Å². The van der Waals surface area contributed by atoms with Crippen LogP contribution < -0.4 is 24.8 Å². The number of nitrogens with zero attached hydrogens (tertiary/aromatic N) is 3. The van der Waals surface area contributed by atoms with Crippen LogP contribution in [0.1, 0.15) is 22.5 Å². The molecule has 2 heterocycles. The molecule has 2 aromatic heterocycles. The monoisotopic (exact) mass is 562 g/mol. The fraction of sp³-hybridized carbons (Fsp3) is 0.241. The number of halogens is 1. The van der Waals surface area contributed by atoms with Gasteiger partial charge in [-0.2, -0.15) is 0 Å². The van der Waals surface area contributed by atoms with E-state index in [0.717, 1.165) is 27.9 Å². The lowest BCUT2D eigenvalue weighted by atomic mass is 10.1. The molecule has 0 atom stereocenters. The Hall–Kier alpha value is -4.57. The molecule has 0 unspecified atom stereocenters. The molecule has 4 rings (SSSR count). The van der Waals surface area contributed by atoms with Crippen LogP contribution in [0, 0.1) is 13.8 Å². The van der Waals surface area contributed by atoms with Crippen molar-refractivity contribution in [2.45, 2.75) is 20.3 Å². The lowest BCUT2D eigenvalue weighted by molar-refractivity contribution is -0.115. The third kappa shape index (κ3) is 7.09. The second-order valence-electron chi connectivity index (χ2n) is 8.86. The predicted octanol–water partition coefficient (Wildman–Crippen LogP) is 5.09. The highest BCUT2D eigenvalue weighted by molar-refractivity contribution is 6.31. The highest BCUT2D eigenvalue weighted by Gasteiger charge is 2.13. The average Bonchev–Trinajstić information content (AvgIpc) is 3.32. The Labute approximate surface area is 237 Å². The Morgan fingerprint density at radius 3 is 2.38 bits per heavy atom. The maximum atomic E-state index is 12.9. The summed E-state index contributed by atoms with van der Waals surface area (Å²) in [6, 6.07) is 11.1. The van der Waals surface area contributed by atoms with Crippen LogP contribution in [0.15, 0.2) is 53.7 Å². The van der Waals surface area contributed by atoms with Crippen LogP contribution in [0.25, 0.3) is 17.0 Å². The van der Waals surface area contributed by atoms with E-state index in [-0.39, 0.29) is 5.96 Å². The first-order valence-corrected chi connectivity index (χ1v) is 12.9. The fourth-order valence-corrected chi connectivity index (χ4v) is 4.34. The maximum Gasteiger partial charge on any atom is 0.250 e. The van der Waals surface area contributed by atoms with Crippen LogP contribution in [-0.2, 0) is 11.2 Å². The third-order valence-corrected chi connectivity index (χ3v) is 6.18. The van der Waals surface area contributed by atoms with Crippen molar-refractivity contribution in [1.82, 2.24) is 20.3 Å². The van der Waals surface area contributed by atoms with E-state index in [9.17, 15) is 4.79 Å². The van der Waals surface area contributed by atoms with E-state index in [2.05, 4.69) is 30.6 Å². The lowest BCUT2D eigenvalue weighted by Crippen LogP contribution is -2.35. The molecule has 40 heavy (non-hydrogen) atoms. The van der Waals surface area contributed by atoms with E-state index < -0.39 is 5.91 Å². The Morgan fingerprint density at radius 1 is 1.02 bits per heavy atom. The minimum atomic E-state index is -0.400. The zero-order valence-corrected chi connectivity index (χ0v) is 23.7. The van der Waals surface area contributed by atoms with Crippen molar-refractivity contribution in [2.24, 2.45) is 4.99 Å². The molecule has 11 heteroatoms. The van der Waals surface area contributed by atoms with Gasteiger partial charge in [-0.05, 0) is 73.9 Å².